The first-order valence-electron chi connectivity index (χ1n) is 8.71. The van der Waals surface area contributed by atoms with Crippen molar-refractivity contribution in [2.45, 2.75) is 44.6 Å². The van der Waals surface area contributed by atoms with Gasteiger partial charge < -0.3 is 16.0 Å². The fraction of sp³-hybridized carbons (Fsp3) is 0.611. The highest BCUT2D eigenvalue weighted by molar-refractivity contribution is 5.95. The molecule has 3 N–H and O–H groups in total. The first-order valence-corrected chi connectivity index (χ1v) is 8.71. The molecule has 1 amide bonds. The Morgan fingerprint density at radius 2 is 1.87 bits per heavy atom. The molecule has 0 spiro atoms. The van der Waals surface area contributed by atoms with Gasteiger partial charge in [0.1, 0.15) is 5.82 Å². The zero-order valence-electron chi connectivity index (χ0n) is 13.6. The Morgan fingerprint density at radius 3 is 2.57 bits per heavy atom. The minimum absolute atomic E-state index is 0.0614. The summed E-state index contributed by atoms with van der Waals surface area (Å²) < 4.78 is 13.9. The quantitative estimate of drug-likeness (QED) is 0.897. The van der Waals surface area contributed by atoms with Crippen LogP contribution in [0.15, 0.2) is 18.2 Å². The van der Waals surface area contributed by atoms with Gasteiger partial charge in [-0.05, 0) is 62.6 Å². The van der Waals surface area contributed by atoms with Crippen molar-refractivity contribution in [1.29, 1.82) is 0 Å². The number of nitrogens with one attached hydrogen (secondary N) is 1. The monoisotopic (exact) mass is 319 g/mol. The standard InChI is InChI=1S/C18H26FN3O/c19-15-9-14(18(23)22-7-1-2-8-22)10-17(11-15)21-12-13-3-5-16(20)6-4-13/h9-11,13,16,21H,1-8,12,20H2. The van der Waals surface area contributed by atoms with Gasteiger partial charge in [0.2, 0.25) is 0 Å². The molecule has 1 aliphatic carbocycles. The second kappa shape index (κ2) is 7.30. The maximum atomic E-state index is 13.9. The lowest BCUT2D eigenvalue weighted by atomic mass is 9.86. The number of hydrogen-bond donors (Lipinski definition) is 2. The lowest BCUT2D eigenvalue weighted by molar-refractivity contribution is 0.0792. The number of nitrogens with two attached hydrogens (primary N) is 1. The molecule has 1 saturated carbocycles. The van der Waals surface area contributed by atoms with E-state index in [0.717, 1.165) is 58.2 Å². The average Bonchev–Trinajstić information content (AvgIpc) is 3.07. The third-order valence-corrected chi connectivity index (χ3v) is 5.02. The van der Waals surface area contributed by atoms with Gasteiger partial charge in [-0.1, -0.05) is 0 Å². The van der Waals surface area contributed by atoms with Crippen molar-refractivity contribution in [1.82, 2.24) is 4.90 Å². The summed E-state index contributed by atoms with van der Waals surface area (Å²) in [4.78, 5) is 14.2. The molecule has 0 atom stereocenters. The summed E-state index contributed by atoms with van der Waals surface area (Å²) in [5.74, 6) is 0.160. The minimum atomic E-state index is -0.358. The fourth-order valence-electron chi connectivity index (χ4n) is 3.57. The molecule has 0 aromatic heterocycles. The summed E-state index contributed by atoms with van der Waals surface area (Å²) in [6.07, 6.45) is 6.43. The first kappa shape index (κ1) is 16.2. The van der Waals surface area contributed by atoms with Crippen molar-refractivity contribution >= 4 is 11.6 Å². The van der Waals surface area contributed by atoms with Crippen molar-refractivity contribution in [3.05, 3.63) is 29.6 Å². The molecule has 1 aromatic rings. The topological polar surface area (TPSA) is 58.4 Å². The molecular weight excluding hydrogens is 293 g/mol. The maximum absolute atomic E-state index is 13.9. The molecule has 5 heteroatoms. The molecule has 1 heterocycles. The molecule has 1 saturated heterocycles. The number of benzene rings is 1. The Hall–Kier alpha value is -1.62. The molecule has 0 bridgehead atoms. The number of halogens is 1. The highest BCUT2D eigenvalue weighted by Gasteiger charge is 2.21. The second-order valence-corrected chi connectivity index (χ2v) is 6.89. The van der Waals surface area contributed by atoms with Crippen LogP contribution in [0.2, 0.25) is 0 Å². The van der Waals surface area contributed by atoms with Crippen molar-refractivity contribution in [2.24, 2.45) is 11.7 Å². The lowest BCUT2D eigenvalue weighted by Crippen LogP contribution is -2.29. The van der Waals surface area contributed by atoms with Crippen LogP contribution in [-0.2, 0) is 0 Å². The van der Waals surface area contributed by atoms with Gasteiger partial charge in [0.15, 0.2) is 0 Å². The van der Waals surface area contributed by atoms with Gasteiger partial charge in [-0.2, -0.15) is 0 Å². The van der Waals surface area contributed by atoms with E-state index in [0.29, 0.717) is 23.2 Å². The molecule has 3 rings (SSSR count). The van der Waals surface area contributed by atoms with Crippen LogP contribution in [0.4, 0.5) is 10.1 Å². The van der Waals surface area contributed by atoms with Crippen LogP contribution in [0, 0.1) is 11.7 Å². The summed E-state index contributed by atoms with van der Waals surface area (Å²) in [6, 6.07) is 4.92. The van der Waals surface area contributed by atoms with Gasteiger partial charge in [-0.15, -0.1) is 0 Å². The van der Waals surface area contributed by atoms with E-state index >= 15 is 0 Å². The smallest absolute Gasteiger partial charge is 0.254 e. The van der Waals surface area contributed by atoms with Crippen LogP contribution in [0.5, 0.6) is 0 Å². The summed E-state index contributed by atoms with van der Waals surface area (Å²) in [5, 5.41) is 3.30. The lowest BCUT2D eigenvalue weighted by Gasteiger charge is -2.26. The number of carbonyl (C=O) groups is 1. The van der Waals surface area contributed by atoms with Crippen LogP contribution in [0.3, 0.4) is 0 Å². The number of hydrogen-bond acceptors (Lipinski definition) is 3. The van der Waals surface area contributed by atoms with E-state index in [1.165, 1.54) is 12.1 Å². The Morgan fingerprint density at radius 1 is 1.17 bits per heavy atom. The summed E-state index contributed by atoms with van der Waals surface area (Å²) in [6.45, 7) is 2.37. The number of carbonyl (C=O) groups excluding carboxylic acids is 1. The average molecular weight is 319 g/mol. The number of amides is 1. The molecular formula is C18H26FN3O. The summed E-state index contributed by atoms with van der Waals surface area (Å²) in [7, 11) is 0. The summed E-state index contributed by atoms with van der Waals surface area (Å²) >= 11 is 0. The predicted octanol–water partition coefficient (Wildman–Crippen LogP) is 2.99. The number of anilines is 1. The molecule has 126 valence electrons. The first-order chi connectivity index (χ1) is 11.1. The van der Waals surface area contributed by atoms with E-state index in [2.05, 4.69) is 5.32 Å². The van der Waals surface area contributed by atoms with Crippen LogP contribution < -0.4 is 11.1 Å². The van der Waals surface area contributed by atoms with E-state index in [1.54, 1.807) is 11.0 Å². The van der Waals surface area contributed by atoms with Gasteiger partial charge >= 0.3 is 0 Å². The van der Waals surface area contributed by atoms with Crippen LogP contribution in [0.25, 0.3) is 0 Å². The zero-order valence-corrected chi connectivity index (χ0v) is 13.6. The Bertz CT molecular complexity index is 549. The van der Waals surface area contributed by atoms with Crippen molar-refractivity contribution in [3.63, 3.8) is 0 Å². The second-order valence-electron chi connectivity index (χ2n) is 6.89. The molecule has 2 fully saturated rings. The zero-order chi connectivity index (χ0) is 16.2. The third-order valence-electron chi connectivity index (χ3n) is 5.02. The molecule has 1 aliphatic heterocycles. The van der Waals surface area contributed by atoms with E-state index in [9.17, 15) is 9.18 Å². The highest BCUT2D eigenvalue weighted by Crippen LogP contribution is 2.24. The van der Waals surface area contributed by atoms with Crippen molar-refractivity contribution in [2.75, 3.05) is 25.0 Å². The largest absolute Gasteiger partial charge is 0.385 e. The number of likely N-dealkylation sites (tertiary alicyclic amines) is 1. The Labute approximate surface area is 137 Å². The van der Waals surface area contributed by atoms with Gasteiger partial charge in [-0.3, -0.25) is 4.79 Å². The van der Waals surface area contributed by atoms with E-state index in [-0.39, 0.29) is 11.7 Å². The summed E-state index contributed by atoms with van der Waals surface area (Å²) in [5.41, 5.74) is 7.07. The Balaban J connectivity index is 1.62. The number of rotatable bonds is 4. The molecule has 4 nitrogen and oxygen atoms in total. The molecule has 0 unspecified atom stereocenters. The predicted molar refractivity (Wildman–Crippen MR) is 90.0 cm³/mol. The Kier molecular flexibility index (Phi) is 5.16. The van der Waals surface area contributed by atoms with Gasteiger partial charge in [0.25, 0.3) is 5.91 Å². The van der Waals surface area contributed by atoms with Crippen molar-refractivity contribution in [3.8, 4) is 0 Å². The van der Waals surface area contributed by atoms with Gasteiger partial charge in [-0.25, -0.2) is 4.39 Å². The van der Waals surface area contributed by atoms with Crippen LogP contribution in [0.1, 0.15) is 48.9 Å². The molecule has 1 aromatic carbocycles. The van der Waals surface area contributed by atoms with Crippen molar-refractivity contribution < 1.29 is 9.18 Å². The minimum Gasteiger partial charge on any atom is -0.385 e. The molecule has 2 aliphatic rings. The SMILES string of the molecule is NC1CCC(CNc2cc(F)cc(C(=O)N3CCCC3)c2)CC1. The number of nitrogens with zero attached hydrogens (tertiary/aromatic N) is 1. The molecule has 0 radical (unpaired) electrons. The van der Waals surface area contributed by atoms with Gasteiger partial charge in [0, 0.05) is 36.9 Å². The maximum Gasteiger partial charge on any atom is 0.254 e. The van der Waals surface area contributed by atoms with Crippen LogP contribution in [-0.4, -0.2) is 36.5 Å². The highest BCUT2D eigenvalue weighted by atomic mass is 19.1. The van der Waals surface area contributed by atoms with Gasteiger partial charge in [0.05, 0.1) is 0 Å². The molecule has 23 heavy (non-hydrogen) atoms. The van der Waals surface area contributed by atoms with E-state index < -0.39 is 0 Å². The normalized spacial score (nSPS) is 24.7. The van der Waals surface area contributed by atoms with Crippen LogP contribution >= 0.6 is 0 Å². The fourth-order valence-corrected chi connectivity index (χ4v) is 3.57. The van der Waals surface area contributed by atoms with E-state index in [4.69, 9.17) is 5.73 Å². The van der Waals surface area contributed by atoms with E-state index in [1.807, 2.05) is 0 Å². The third kappa shape index (κ3) is 4.22.